The molecule has 1 aliphatic rings. The van der Waals surface area contributed by atoms with Gasteiger partial charge in [0.1, 0.15) is 6.04 Å². The molecule has 1 aliphatic heterocycles. The van der Waals surface area contributed by atoms with Gasteiger partial charge in [0.2, 0.25) is 11.9 Å². The Bertz CT molecular complexity index is 1320. The van der Waals surface area contributed by atoms with Crippen molar-refractivity contribution in [2.24, 2.45) is 7.05 Å². The van der Waals surface area contributed by atoms with Crippen LogP contribution in [0.5, 0.6) is 0 Å². The molecule has 4 heterocycles. The lowest BCUT2D eigenvalue weighted by atomic mass is 10.2. The number of anilines is 1. The van der Waals surface area contributed by atoms with Crippen molar-refractivity contribution in [3.05, 3.63) is 35.1 Å². The molecule has 166 valence electrons. The first kappa shape index (κ1) is 20.8. The van der Waals surface area contributed by atoms with Crippen molar-refractivity contribution in [2.45, 2.75) is 25.9 Å². The number of halogens is 1. The Balaban J connectivity index is 1.58. The third-order valence-corrected chi connectivity index (χ3v) is 6.22. The molecule has 10 nitrogen and oxygen atoms in total. The SMILES string of the molecule is C[C@@H]1COCCN1C(=O)[C@@H](C)Nc1nc2c(Br)cccc2c2nc(-c3cnn(C)c3)nn12. The third-order valence-electron chi connectivity index (χ3n) is 5.58. The number of nitrogens with one attached hydrogen (secondary N) is 1. The van der Waals surface area contributed by atoms with E-state index >= 15 is 0 Å². The van der Waals surface area contributed by atoms with Gasteiger partial charge in [-0.2, -0.15) is 9.61 Å². The fraction of sp³-hybridized carbons (Fsp3) is 0.381. The van der Waals surface area contributed by atoms with Crippen molar-refractivity contribution in [3.8, 4) is 11.4 Å². The molecule has 0 radical (unpaired) electrons. The molecule has 4 aromatic rings. The highest BCUT2D eigenvalue weighted by atomic mass is 79.9. The molecule has 0 bridgehead atoms. The van der Waals surface area contributed by atoms with Gasteiger partial charge in [-0.3, -0.25) is 9.48 Å². The van der Waals surface area contributed by atoms with Gasteiger partial charge in [0, 0.05) is 29.6 Å². The van der Waals surface area contributed by atoms with Crippen molar-refractivity contribution < 1.29 is 9.53 Å². The van der Waals surface area contributed by atoms with Gasteiger partial charge < -0.3 is 15.0 Å². The Morgan fingerprint density at radius 3 is 2.94 bits per heavy atom. The smallest absolute Gasteiger partial charge is 0.245 e. The lowest BCUT2D eigenvalue weighted by molar-refractivity contribution is -0.139. The summed E-state index contributed by atoms with van der Waals surface area (Å²) in [5.74, 6) is 0.982. The fourth-order valence-corrected chi connectivity index (χ4v) is 4.36. The molecular weight excluding hydrogens is 476 g/mol. The zero-order valence-corrected chi connectivity index (χ0v) is 19.6. The summed E-state index contributed by atoms with van der Waals surface area (Å²) in [5.41, 5.74) is 2.20. The molecular formula is C21H23BrN8O2. The van der Waals surface area contributed by atoms with Gasteiger partial charge in [0.15, 0.2) is 11.5 Å². The number of hydrogen-bond acceptors (Lipinski definition) is 7. The molecule has 1 amide bonds. The van der Waals surface area contributed by atoms with Crippen LogP contribution in [0.4, 0.5) is 5.95 Å². The first-order valence-electron chi connectivity index (χ1n) is 10.4. The van der Waals surface area contributed by atoms with Crippen LogP contribution < -0.4 is 5.32 Å². The zero-order valence-electron chi connectivity index (χ0n) is 18.0. The highest BCUT2D eigenvalue weighted by Gasteiger charge is 2.28. The summed E-state index contributed by atoms with van der Waals surface area (Å²) < 4.78 is 9.67. The minimum absolute atomic E-state index is 0.00410. The number of ether oxygens (including phenoxy) is 1. The van der Waals surface area contributed by atoms with E-state index in [2.05, 4.69) is 31.4 Å². The molecule has 0 spiro atoms. The number of amides is 1. The van der Waals surface area contributed by atoms with E-state index < -0.39 is 6.04 Å². The predicted octanol–water partition coefficient (Wildman–Crippen LogP) is 2.49. The number of aromatic nitrogens is 6. The number of benzene rings is 1. The second-order valence-electron chi connectivity index (χ2n) is 7.97. The Labute approximate surface area is 192 Å². The normalized spacial score (nSPS) is 17.8. The summed E-state index contributed by atoms with van der Waals surface area (Å²) in [6.45, 7) is 5.49. The molecule has 11 heteroatoms. The highest BCUT2D eigenvalue weighted by molar-refractivity contribution is 9.10. The summed E-state index contributed by atoms with van der Waals surface area (Å²) in [7, 11) is 1.85. The Hall–Kier alpha value is -3.05. The topological polar surface area (TPSA) is 102 Å². The largest absolute Gasteiger partial charge is 0.377 e. The average molecular weight is 499 g/mol. The molecule has 0 aliphatic carbocycles. The molecule has 5 rings (SSSR count). The quantitative estimate of drug-likeness (QED) is 0.460. The van der Waals surface area contributed by atoms with Crippen LogP contribution in [0.25, 0.3) is 27.9 Å². The number of carbonyl (C=O) groups is 1. The first-order chi connectivity index (χ1) is 15.4. The molecule has 2 atom stereocenters. The fourth-order valence-electron chi connectivity index (χ4n) is 3.91. The number of nitrogens with zero attached hydrogens (tertiary/aromatic N) is 7. The summed E-state index contributed by atoms with van der Waals surface area (Å²) in [4.78, 5) is 24.5. The van der Waals surface area contributed by atoms with Crippen LogP contribution in [0.1, 0.15) is 13.8 Å². The molecule has 1 N–H and O–H groups in total. The first-order valence-corrected chi connectivity index (χ1v) is 11.2. The van der Waals surface area contributed by atoms with E-state index in [0.717, 1.165) is 20.9 Å². The van der Waals surface area contributed by atoms with E-state index in [1.54, 1.807) is 15.4 Å². The Morgan fingerprint density at radius 1 is 1.34 bits per heavy atom. The summed E-state index contributed by atoms with van der Waals surface area (Å²) >= 11 is 3.59. The Kier molecular flexibility index (Phi) is 5.30. The van der Waals surface area contributed by atoms with E-state index in [-0.39, 0.29) is 11.9 Å². The number of para-hydroxylation sites is 1. The lowest BCUT2D eigenvalue weighted by Gasteiger charge is -2.35. The van der Waals surface area contributed by atoms with Crippen LogP contribution in [-0.2, 0) is 16.6 Å². The van der Waals surface area contributed by atoms with Gasteiger partial charge in [-0.05, 0) is 41.9 Å². The maximum Gasteiger partial charge on any atom is 0.245 e. The number of fused-ring (bicyclic) bond motifs is 3. The molecule has 0 saturated carbocycles. The lowest BCUT2D eigenvalue weighted by Crippen LogP contribution is -2.51. The van der Waals surface area contributed by atoms with Gasteiger partial charge in [-0.1, -0.05) is 6.07 Å². The molecule has 0 unspecified atom stereocenters. The van der Waals surface area contributed by atoms with E-state index in [1.807, 2.05) is 50.2 Å². The van der Waals surface area contributed by atoms with Crippen LogP contribution in [0.3, 0.4) is 0 Å². The predicted molar refractivity (Wildman–Crippen MR) is 123 cm³/mol. The van der Waals surface area contributed by atoms with Crippen LogP contribution in [0.15, 0.2) is 35.1 Å². The van der Waals surface area contributed by atoms with Crippen LogP contribution in [0, 0.1) is 0 Å². The van der Waals surface area contributed by atoms with Crippen LogP contribution >= 0.6 is 15.9 Å². The number of morpholine rings is 1. The number of aryl methyl sites for hydroxylation is 1. The van der Waals surface area contributed by atoms with Gasteiger partial charge in [-0.25, -0.2) is 9.97 Å². The van der Waals surface area contributed by atoms with Crippen molar-refractivity contribution >= 4 is 44.3 Å². The molecule has 1 aromatic carbocycles. The molecule has 1 fully saturated rings. The van der Waals surface area contributed by atoms with Gasteiger partial charge in [-0.15, -0.1) is 5.10 Å². The van der Waals surface area contributed by atoms with Gasteiger partial charge in [0.05, 0.1) is 36.5 Å². The zero-order chi connectivity index (χ0) is 22.4. The molecule has 32 heavy (non-hydrogen) atoms. The van der Waals surface area contributed by atoms with E-state index in [0.29, 0.717) is 37.2 Å². The summed E-state index contributed by atoms with van der Waals surface area (Å²) in [5, 5.41) is 13.0. The highest BCUT2D eigenvalue weighted by Crippen LogP contribution is 2.29. The third kappa shape index (κ3) is 3.61. The summed E-state index contributed by atoms with van der Waals surface area (Å²) in [6, 6.07) is 5.35. The van der Waals surface area contributed by atoms with Crippen molar-refractivity contribution in [1.29, 1.82) is 0 Å². The maximum atomic E-state index is 13.1. The van der Waals surface area contributed by atoms with E-state index in [9.17, 15) is 4.79 Å². The second kappa shape index (κ2) is 8.14. The Morgan fingerprint density at radius 2 is 2.19 bits per heavy atom. The van der Waals surface area contributed by atoms with Gasteiger partial charge in [0.25, 0.3) is 0 Å². The monoisotopic (exact) mass is 498 g/mol. The minimum Gasteiger partial charge on any atom is -0.377 e. The van der Waals surface area contributed by atoms with Gasteiger partial charge >= 0.3 is 0 Å². The molecule has 3 aromatic heterocycles. The second-order valence-corrected chi connectivity index (χ2v) is 8.82. The van der Waals surface area contributed by atoms with Crippen molar-refractivity contribution in [2.75, 3.05) is 25.1 Å². The average Bonchev–Trinajstić information content (AvgIpc) is 3.41. The maximum absolute atomic E-state index is 13.1. The van der Waals surface area contributed by atoms with Crippen molar-refractivity contribution in [1.82, 2.24) is 34.3 Å². The molecule has 1 saturated heterocycles. The number of hydrogen-bond donors (Lipinski definition) is 1. The number of rotatable bonds is 4. The minimum atomic E-state index is -0.503. The van der Waals surface area contributed by atoms with Crippen LogP contribution in [0.2, 0.25) is 0 Å². The number of carbonyl (C=O) groups excluding carboxylic acids is 1. The van der Waals surface area contributed by atoms with Crippen molar-refractivity contribution in [3.63, 3.8) is 0 Å². The van der Waals surface area contributed by atoms with E-state index in [4.69, 9.17) is 14.7 Å². The standard InChI is InChI=1S/C21H23BrN8O2/c1-12-11-32-8-7-29(12)20(31)13(2)24-21-25-17-15(5-4-6-16(17)22)19-26-18(27-30(19)21)14-9-23-28(3)10-14/h4-6,9-10,12-13H,7-8,11H2,1-3H3,(H,24,25)/t12-,13-/m1/s1. The van der Waals surface area contributed by atoms with E-state index in [1.165, 1.54) is 0 Å². The van der Waals surface area contributed by atoms with Crippen LogP contribution in [-0.4, -0.2) is 72.0 Å². The summed E-state index contributed by atoms with van der Waals surface area (Å²) in [6.07, 6.45) is 3.58.